The van der Waals surface area contributed by atoms with E-state index in [-0.39, 0.29) is 5.97 Å². The molecule has 1 aromatic carbocycles. The molecule has 96 valence electrons. The van der Waals surface area contributed by atoms with Crippen LogP contribution in [0, 0.1) is 0 Å². The molecule has 0 saturated heterocycles. The van der Waals surface area contributed by atoms with Crippen LogP contribution in [0.2, 0.25) is 0 Å². The van der Waals surface area contributed by atoms with E-state index in [1.54, 1.807) is 0 Å². The Bertz CT molecular complexity index is 482. The predicted octanol–water partition coefficient (Wildman–Crippen LogP) is 2.10. The lowest BCUT2D eigenvalue weighted by molar-refractivity contribution is -0.140. The van der Waals surface area contributed by atoms with Gasteiger partial charge in [0.1, 0.15) is 0 Å². The van der Waals surface area contributed by atoms with E-state index in [1.165, 1.54) is 55.4 Å². The molecule has 0 aromatic heterocycles. The van der Waals surface area contributed by atoms with Crippen LogP contribution in [0.15, 0.2) is 12.1 Å². The number of aryl methyl sites for hydroxylation is 2. The average molecular weight is 245 g/mol. The lowest BCUT2D eigenvalue weighted by Crippen LogP contribution is -2.26. The lowest BCUT2D eigenvalue weighted by atomic mass is 9.95. The van der Waals surface area contributed by atoms with Crippen molar-refractivity contribution in [1.82, 2.24) is 0 Å². The molecule has 0 spiro atoms. The first-order valence-electron chi connectivity index (χ1n) is 6.74. The summed E-state index contributed by atoms with van der Waals surface area (Å²) in [5.74, 6) is -0.120. The van der Waals surface area contributed by atoms with Gasteiger partial charge in [0.2, 0.25) is 0 Å². The fraction of sp³-hybridized carbons (Fsp3) is 0.533. The van der Waals surface area contributed by atoms with Crippen LogP contribution in [-0.4, -0.2) is 26.2 Å². The maximum absolute atomic E-state index is 11.2. The molecule has 0 atom stereocenters. The number of methoxy groups -OCH3 is 1. The zero-order valence-corrected chi connectivity index (χ0v) is 10.9. The molecule has 0 saturated carbocycles. The molecular formula is C15H19NO2. The molecule has 0 N–H and O–H groups in total. The van der Waals surface area contributed by atoms with Gasteiger partial charge in [-0.2, -0.15) is 0 Å². The van der Waals surface area contributed by atoms with E-state index in [9.17, 15) is 4.79 Å². The van der Waals surface area contributed by atoms with Gasteiger partial charge in [0, 0.05) is 25.2 Å². The van der Waals surface area contributed by atoms with Gasteiger partial charge >= 0.3 is 5.97 Å². The van der Waals surface area contributed by atoms with Gasteiger partial charge in [0.05, 0.1) is 7.11 Å². The summed E-state index contributed by atoms with van der Waals surface area (Å²) in [5.41, 5.74) is 5.74. The molecular weight excluding hydrogens is 226 g/mol. The first-order chi connectivity index (χ1) is 8.78. The van der Waals surface area contributed by atoms with Crippen molar-refractivity contribution in [2.45, 2.75) is 32.1 Å². The molecule has 3 nitrogen and oxygen atoms in total. The van der Waals surface area contributed by atoms with Crippen molar-refractivity contribution in [1.29, 1.82) is 0 Å². The highest BCUT2D eigenvalue weighted by atomic mass is 16.5. The second-order valence-electron chi connectivity index (χ2n) is 5.18. The quantitative estimate of drug-likeness (QED) is 0.764. The fourth-order valence-corrected chi connectivity index (χ4v) is 3.16. The number of ether oxygens (including phenoxy) is 1. The number of carbonyl (C=O) groups excluding carboxylic acids is 1. The van der Waals surface area contributed by atoms with Crippen LogP contribution in [-0.2, 0) is 28.8 Å². The number of nitrogens with zero attached hydrogens (tertiary/aromatic N) is 1. The summed E-state index contributed by atoms with van der Waals surface area (Å²) in [6.45, 7) is 2.38. The van der Waals surface area contributed by atoms with Gasteiger partial charge in [-0.1, -0.05) is 12.1 Å². The van der Waals surface area contributed by atoms with E-state index in [1.807, 2.05) is 0 Å². The van der Waals surface area contributed by atoms with Crippen LogP contribution in [0.4, 0.5) is 5.69 Å². The Balaban J connectivity index is 1.83. The van der Waals surface area contributed by atoms with Gasteiger partial charge in [-0.25, -0.2) is 0 Å². The molecule has 0 radical (unpaired) electrons. The van der Waals surface area contributed by atoms with Crippen LogP contribution in [0.5, 0.6) is 0 Å². The number of benzene rings is 1. The van der Waals surface area contributed by atoms with E-state index in [0.29, 0.717) is 6.42 Å². The van der Waals surface area contributed by atoms with Crippen LogP contribution < -0.4 is 4.90 Å². The smallest absolute Gasteiger partial charge is 0.305 e. The summed E-state index contributed by atoms with van der Waals surface area (Å²) in [5, 5.41) is 0. The van der Waals surface area contributed by atoms with Crippen molar-refractivity contribution in [3.05, 3.63) is 28.8 Å². The largest absolute Gasteiger partial charge is 0.469 e. The van der Waals surface area contributed by atoms with E-state index >= 15 is 0 Å². The molecule has 3 heteroatoms. The molecule has 18 heavy (non-hydrogen) atoms. The summed E-state index contributed by atoms with van der Waals surface area (Å²) in [6, 6.07) is 4.58. The number of anilines is 1. The molecule has 1 aromatic rings. The zero-order chi connectivity index (χ0) is 12.5. The number of hydrogen-bond donors (Lipinski definition) is 0. The van der Waals surface area contributed by atoms with Gasteiger partial charge in [-0.3, -0.25) is 4.79 Å². The van der Waals surface area contributed by atoms with Crippen LogP contribution in [0.1, 0.15) is 29.5 Å². The topological polar surface area (TPSA) is 29.5 Å². The second kappa shape index (κ2) is 4.63. The van der Waals surface area contributed by atoms with Crippen molar-refractivity contribution in [3.8, 4) is 0 Å². The Morgan fingerprint density at radius 2 is 2.06 bits per heavy atom. The molecule has 0 amide bonds. The lowest BCUT2D eigenvalue weighted by Gasteiger charge is -2.27. The SMILES string of the molecule is COC(=O)CCc1cc2c3c(c1)CCN3CCC2. The second-order valence-corrected chi connectivity index (χ2v) is 5.18. The molecule has 0 unspecified atom stereocenters. The fourth-order valence-electron chi connectivity index (χ4n) is 3.16. The van der Waals surface area contributed by atoms with E-state index < -0.39 is 0 Å². The number of esters is 1. The van der Waals surface area contributed by atoms with Crippen molar-refractivity contribution < 1.29 is 9.53 Å². The summed E-state index contributed by atoms with van der Waals surface area (Å²) in [6.07, 6.45) is 4.89. The first-order valence-corrected chi connectivity index (χ1v) is 6.74. The minimum absolute atomic E-state index is 0.120. The Morgan fingerprint density at radius 1 is 1.28 bits per heavy atom. The Morgan fingerprint density at radius 3 is 2.83 bits per heavy atom. The van der Waals surface area contributed by atoms with Crippen LogP contribution in [0.25, 0.3) is 0 Å². The van der Waals surface area contributed by atoms with Crippen molar-refractivity contribution >= 4 is 11.7 Å². The summed E-state index contributed by atoms with van der Waals surface area (Å²) in [7, 11) is 1.45. The predicted molar refractivity (Wildman–Crippen MR) is 71.0 cm³/mol. The third-order valence-electron chi connectivity index (χ3n) is 4.01. The van der Waals surface area contributed by atoms with Gasteiger partial charge < -0.3 is 9.64 Å². The number of rotatable bonds is 3. The monoisotopic (exact) mass is 245 g/mol. The molecule has 0 bridgehead atoms. The molecule has 2 aliphatic heterocycles. The first kappa shape index (κ1) is 11.6. The highest BCUT2D eigenvalue weighted by Crippen LogP contribution is 2.37. The van der Waals surface area contributed by atoms with E-state index in [0.717, 1.165) is 12.8 Å². The van der Waals surface area contributed by atoms with Gasteiger partial charge in [0.25, 0.3) is 0 Å². The van der Waals surface area contributed by atoms with Crippen molar-refractivity contribution in [2.75, 3.05) is 25.1 Å². The maximum Gasteiger partial charge on any atom is 0.305 e. The molecule has 3 rings (SSSR count). The highest BCUT2D eigenvalue weighted by Gasteiger charge is 2.25. The summed E-state index contributed by atoms with van der Waals surface area (Å²) >= 11 is 0. The minimum atomic E-state index is -0.120. The maximum atomic E-state index is 11.2. The number of hydrogen-bond acceptors (Lipinski definition) is 3. The number of carbonyl (C=O) groups is 1. The minimum Gasteiger partial charge on any atom is -0.469 e. The molecule has 0 aliphatic carbocycles. The Kier molecular flexibility index (Phi) is 2.98. The summed E-state index contributed by atoms with van der Waals surface area (Å²) in [4.78, 5) is 13.7. The van der Waals surface area contributed by atoms with E-state index in [2.05, 4.69) is 17.0 Å². The third-order valence-corrected chi connectivity index (χ3v) is 4.01. The molecule has 2 aliphatic rings. The Hall–Kier alpha value is -1.51. The van der Waals surface area contributed by atoms with Crippen LogP contribution >= 0.6 is 0 Å². The van der Waals surface area contributed by atoms with Crippen LogP contribution in [0.3, 0.4) is 0 Å². The third kappa shape index (κ3) is 1.98. The zero-order valence-electron chi connectivity index (χ0n) is 10.9. The summed E-state index contributed by atoms with van der Waals surface area (Å²) < 4.78 is 4.70. The van der Waals surface area contributed by atoms with Gasteiger partial charge in [0.15, 0.2) is 0 Å². The highest BCUT2D eigenvalue weighted by molar-refractivity contribution is 5.70. The van der Waals surface area contributed by atoms with Crippen molar-refractivity contribution in [3.63, 3.8) is 0 Å². The van der Waals surface area contributed by atoms with Gasteiger partial charge in [-0.05, 0) is 42.4 Å². The average Bonchev–Trinajstić information content (AvgIpc) is 2.81. The Labute approximate surface area is 108 Å². The normalized spacial score (nSPS) is 16.6. The van der Waals surface area contributed by atoms with Crippen molar-refractivity contribution in [2.24, 2.45) is 0 Å². The van der Waals surface area contributed by atoms with E-state index in [4.69, 9.17) is 4.74 Å². The molecule has 0 fully saturated rings. The van der Waals surface area contributed by atoms with Gasteiger partial charge in [-0.15, -0.1) is 0 Å². The molecule has 2 heterocycles. The standard InChI is InChI=1S/C15H19NO2/c1-18-14(17)5-4-11-9-12-3-2-7-16-8-6-13(10-11)15(12)16/h9-10H,2-8H2,1H3.